The molecule has 13 heavy (non-hydrogen) atoms. The monoisotopic (exact) mass is 224 g/mol. The molecule has 1 aromatic heterocycles. The number of hydrogen-bond acceptors (Lipinski definition) is 3. The van der Waals surface area contributed by atoms with Gasteiger partial charge in [-0.15, -0.1) is 24.8 Å². The Balaban J connectivity index is 0. The summed E-state index contributed by atoms with van der Waals surface area (Å²) in [6.45, 7) is 2.45. The topological polar surface area (TPSA) is 48.1 Å². The first-order chi connectivity index (χ1) is 5.27. The average molecular weight is 225 g/mol. The molecule has 0 atom stereocenters. The molecule has 0 spiro atoms. The Kier molecular flexibility index (Phi) is 8.01. The van der Waals surface area contributed by atoms with Gasteiger partial charge < -0.3 is 10.5 Å². The maximum absolute atomic E-state index is 5.44. The molecule has 1 rings (SSSR count). The third-order valence-corrected chi connectivity index (χ3v) is 1.59. The van der Waals surface area contributed by atoms with E-state index >= 15 is 0 Å². The number of aryl methyl sites for hydroxylation is 1. The summed E-state index contributed by atoms with van der Waals surface area (Å²) in [7, 11) is 1.62. The van der Waals surface area contributed by atoms with Crippen molar-refractivity contribution in [3.05, 3.63) is 23.5 Å². The number of nitrogens with zero attached hydrogens (tertiary/aromatic N) is 1. The highest BCUT2D eigenvalue weighted by atomic mass is 35.5. The van der Waals surface area contributed by atoms with Crippen molar-refractivity contribution in [2.45, 2.75) is 13.5 Å². The Morgan fingerprint density at radius 1 is 1.46 bits per heavy atom. The fraction of sp³-hybridized carbons (Fsp3) is 0.375. The van der Waals surface area contributed by atoms with Gasteiger partial charge in [0.1, 0.15) is 5.75 Å². The van der Waals surface area contributed by atoms with Crippen LogP contribution < -0.4 is 10.5 Å². The lowest BCUT2D eigenvalue weighted by molar-refractivity contribution is 0.412. The van der Waals surface area contributed by atoms with Crippen molar-refractivity contribution < 1.29 is 4.74 Å². The summed E-state index contributed by atoms with van der Waals surface area (Å²) in [5.41, 5.74) is 7.44. The Morgan fingerprint density at radius 2 is 2.08 bits per heavy atom. The molecule has 0 aliphatic carbocycles. The Morgan fingerprint density at radius 3 is 2.46 bits per heavy atom. The summed E-state index contributed by atoms with van der Waals surface area (Å²) < 4.78 is 4.99. The van der Waals surface area contributed by atoms with Gasteiger partial charge in [0, 0.05) is 6.54 Å². The minimum Gasteiger partial charge on any atom is -0.495 e. The van der Waals surface area contributed by atoms with Crippen molar-refractivity contribution in [2.75, 3.05) is 7.11 Å². The number of halogens is 2. The molecular weight excluding hydrogens is 211 g/mol. The number of hydrogen-bond donors (Lipinski definition) is 1. The van der Waals surface area contributed by atoms with Crippen molar-refractivity contribution in [3.63, 3.8) is 0 Å². The summed E-state index contributed by atoms with van der Waals surface area (Å²) >= 11 is 0. The van der Waals surface area contributed by atoms with E-state index in [1.807, 2.05) is 13.0 Å². The second-order valence-corrected chi connectivity index (χ2v) is 2.34. The zero-order valence-corrected chi connectivity index (χ0v) is 9.24. The van der Waals surface area contributed by atoms with Gasteiger partial charge in [0.05, 0.1) is 19.0 Å². The van der Waals surface area contributed by atoms with Crippen molar-refractivity contribution in [3.8, 4) is 5.75 Å². The van der Waals surface area contributed by atoms with E-state index in [9.17, 15) is 0 Å². The van der Waals surface area contributed by atoms with Crippen LogP contribution in [0, 0.1) is 6.92 Å². The molecule has 0 saturated carbocycles. The molecule has 76 valence electrons. The first-order valence-corrected chi connectivity index (χ1v) is 3.47. The summed E-state index contributed by atoms with van der Waals surface area (Å²) in [4.78, 5) is 4.12. The third-order valence-electron chi connectivity index (χ3n) is 1.59. The highest BCUT2D eigenvalue weighted by Crippen LogP contribution is 2.12. The maximum atomic E-state index is 5.44. The minimum absolute atomic E-state index is 0. The second-order valence-electron chi connectivity index (χ2n) is 2.34. The van der Waals surface area contributed by atoms with Gasteiger partial charge in [-0.25, -0.2) is 0 Å². The molecule has 0 unspecified atom stereocenters. The molecule has 0 amide bonds. The fourth-order valence-corrected chi connectivity index (χ4v) is 0.903. The SMILES string of the molecule is COc1cnc(CN)c(C)c1.Cl.Cl. The first kappa shape index (κ1) is 15.0. The average Bonchev–Trinajstić information content (AvgIpc) is 2.04. The molecule has 0 bridgehead atoms. The molecule has 3 nitrogen and oxygen atoms in total. The van der Waals surface area contributed by atoms with E-state index in [0.717, 1.165) is 17.0 Å². The molecule has 0 aliphatic heterocycles. The van der Waals surface area contributed by atoms with Crippen LogP contribution in [0.1, 0.15) is 11.3 Å². The van der Waals surface area contributed by atoms with Crippen LogP contribution in [0.5, 0.6) is 5.75 Å². The van der Waals surface area contributed by atoms with Gasteiger partial charge in [-0.05, 0) is 18.6 Å². The number of pyridine rings is 1. The molecule has 1 aromatic rings. The van der Waals surface area contributed by atoms with Crippen LogP contribution >= 0.6 is 24.8 Å². The molecule has 2 N–H and O–H groups in total. The molecule has 1 heterocycles. The van der Waals surface area contributed by atoms with E-state index < -0.39 is 0 Å². The number of aromatic nitrogens is 1. The van der Waals surface area contributed by atoms with Gasteiger partial charge in [-0.2, -0.15) is 0 Å². The summed E-state index contributed by atoms with van der Waals surface area (Å²) in [5, 5.41) is 0. The molecule has 0 aromatic carbocycles. The fourth-order valence-electron chi connectivity index (χ4n) is 0.903. The zero-order chi connectivity index (χ0) is 8.27. The van der Waals surface area contributed by atoms with Gasteiger partial charge in [0.25, 0.3) is 0 Å². The van der Waals surface area contributed by atoms with Crippen molar-refractivity contribution in [2.24, 2.45) is 5.73 Å². The predicted molar refractivity (Wildman–Crippen MR) is 57.9 cm³/mol. The Labute approximate surface area is 90.5 Å². The molecule has 5 heteroatoms. The standard InChI is InChI=1S/C8H12N2O.2ClH/c1-6-3-7(11-2)5-10-8(6)4-9;;/h3,5H,4,9H2,1-2H3;2*1H. The second kappa shape index (κ2) is 6.95. The zero-order valence-electron chi connectivity index (χ0n) is 7.61. The van der Waals surface area contributed by atoms with Crippen LogP contribution in [-0.4, -0.2) is 12.1 Å². The highest BCUT2D eigenvalue weighted by Gasteiger charge is 1.98. The van der Waals surface area contributed by atoms with Crippen LogP contribution in [0.2, 0.25) is 0 Å². The van der Waals surface area contributed by atoms with Gasteiger partial charge in [0.15, 0.2) is 0 Å². The molecule has 0 saturated heterocycles. The van der Waals surface area contributed by atoms with Crippen LogP contribution in [0.4, 0.5) is 0 Å². The number of ether oxygens (including phenoxy) is 1. The van der Waals surface area contributed by atoms with Crippen LogP contribution in [0.15, 0.2) is 12.3 Å². The van der Waals surface area contributed by atoms with Gasteiger partial charge >= 0.3 is 0 Å². The minimum atomic E-state index is 0. The molecule has 0 fully saturated rings. The predicted octanol–water partition coefficient (Wildman–Crippen LogP) is 1.70. The van der Waals surface area contributed by atoms with Crippen molar-refractivity contribution >= 4 is 24.8 Å². The van der Waals surface area contributed by atoms with Crippen molar-refractivity contribution in [1.29, 1.82) is 0 Å². The van der Waals surface area contributed by atoms with E-state index in [4.69, 9.17) is 10.5 Å². The third kappa shape index (κ3) is 3.81. The lowest BCUT2D eigenvalue weighted by Gasteiger charge is -2.03. The lowest BCUT2D eigenvalue weighted by Crippen LogP contribution is -2.02. The van der Waals surface area contributed by atoms with Gasteiger partial charge in [-0.1, -0.05) is 0 Å². The van der Waals surface area contributed by atoms with E-state index in [-0.39, 0.29) is 24.8 Å². The van der Waals surface area contributed by atoms with Crippen molar-refractivity contribution in [1.82, 2.24) is 4.98 Å². The first-order valence-electron chi connectivity index (χ1n) is 3.47. The summed E-state index contributed by atoms with van der Waals surface area (Å²) in [6.07, 6.45) is 1.68. The Hall–Kier alpha value is -0.510. The number of methoxy groups -OCH3 is 1. The Bertz CT molecular complexity index is 256. The van der Waals surface area contributed by atoms with Gasteiger partial charge in [-0.3, -0.25) is 4.98 Å². The van der Waals surface area contributed by atoms with E-state index in [2.05, 4.69) is 4.98 Å². The molecule has 0 radical (unpaired) electrons. The largest absolute Gasteiger partial charge is 0.495 e. The lowest BCUT2D eigenvalue weighted by atomic mass is 10.2. The van der Waals surface area contributed by atoms with Crippen LogP contribution in [0.25, 0.3) is 0 Å². The van der Waals surface area contributed by atoms with Crippen LogP contribution in [-0.2, 0) is 6.54 Å². The van der Waals surface area contributed by atoms with E-state index in [1.54, 1.807) is 13.3 Å². The smallest absolute Gasteiger partial charge is 0.137 e. The quantitative estimate of drug-likeness (QED) is 0.833. The van der Waals surface area contributed by atoms with Crippen LogP contribution in [0.3, 0.4) is 0 Å². The molecular formula is C8H14Cl2N2O. The summed E-state index contributed by atoms with van der Waals surface area (Å²) in [5.74, 6) is 0.778. The number of nitrogens with two attached hydrogens (primary N) is 1. The summed E-state index contributed by atoms with van der Waals surface area (Å²) in [6, 6.07) is 1.93. The molecule has 0 aliphatic rings. The van der Waals surface area contributed by atoms with E-state index in [1.165, 1.54) is 0 Å². The van der Waals surface area contributed by atoms with E-state index in [0.29, 0.717) is 6.54 Å². The highest BCUT2D eigenvalue weighted by molar-refractivity contribution is 5.85. The number of rotatable bonds is 2. The van der Waals surface area contributed by atoms with Gasteiger partial charge in [0.2, 0.25) is 0 Å². The maximum Gasteiger partial charge on any atom is 0.137 e. The normalized spacial score (nSPS) is 8.23.